The Morgan fingerprint density at radius 1 is 1.29 bits per heavy atom. The molecule has 0 saturated carbocycles. The molecule has 0 bridgehead atoms. The van der Waals surface area contributed by atoms with Gasteiger partial charge in [-0.25, -0.2) is 4.39 Å². The molecule has 1 aromatic heterocycles. The fourth-order valence-electron chi connectivity index (χ4n) is 1.36. The third-order valence-electron chi connectivity index (χ3n) is 2.04. The minimum absolute atomic E-state index is 0.311. The standard InChI is InChI=1S/C10H8FNO2/c1-14-12-6-9(11)7-4-2-3-5-8(7)10(12)13/h2-6H,1H3. The average Bonchev–Trinajstić information content (AvgIpc) is 2.23. The molecule has 2 aromatic rings. The minimum atomic E-state index is -0.470. The summed E-state index contributed by atoms with van der Waals surface area (Å²) >= 11 is 0. The summed E-state index contributed by atoms with van der Waals surface area (Å²) in [5.74, 6) is -0.470. The lowest BCUT2D eigenvalue weighted by Crippen LogP contribution is -2.24. The van der Waals surface area contributed by atoms with E-state index in [0.717, 1.165) is 10.9 Å². The lowest BCUT2D eigenvalue weighted by atomic mass is 10.2. The highest BCUT2D eigenvalue weighted by Crippen LogP contribution is 2.12. The lowest BCUT2D eigenvalue weighted by Gasteiger charge is -2.05. The summed E-state index contributed by atoms with van der Waals surface area (Å²) in [6.45, 7) is 0. The molecular weight excluding hydrogens is 185 g/mol. The zero-order chi connectivity index (χ0) is 10.1. The molecule has 0 N–H and O–H groups in total. The summed E-state index contributed by atoms with van der Waals surface area (Å²) in [4.78, 5) is 16.3. The molecule has 0 saturated heterocycles. The van der Waals surface area contributed by atoms with Gasteiger partial charge >= 0.3 is 0 Å². The summed E-state index contributed by atoms with van der Waals surface area (Å²) in [6.07, 6.45) is 1.03. The second kappa shape index (κ2) is 3.14. The van der Waals surface area contributed by atoms with Gasteiger partial charge in [-0.1, -0.05) is 18.2 Å². The van der Waals surface area contributed by atoms with Crippen molar-refractivity contribution in [2.75, 3.05) is 7.11 Å². The van der Waals surface area contributed by atoms with Crippen LogP contribution in [0.5, 0.6) is 0 Å². The summed E-state index contributed by atoms with van der Waals surface area (Å²) in [5, 5.41) is 0.625. The van der Waals surface area contributed by atoms with Gasteiger partial charge in [0, 0.05) is 5.39 Å². The van der Waals surface area contributed by atoms with Crippen molar-refractivity contribution in [3.63, 3.8) is 0 Å². The quantitative estimate of drug-likeness (QED) is 0.681. The SMILES string of the molecule is COn1cc(F)c2ccccc2c1=O. The molecule has 1 aromatic carbocycles. The number of fused-ring (bicyclic) bond motifs is 1. The number of hydrogen-bond donors (Lipinski definition) is 0. The Labute approximate surface area is 79.3 Å². The van der Waals surface area contributed by atoms with E-state index in [1.807, 2.05) is 0 Å². The molecule has 0 atom stereocenters. The van der Waals surface area contributed by atoms with Gasteiger partial charge in [0.25, 0.3) is 5.56 Å². The number of hydrogen-bond acceptors (Lipinski definition) is 2. The maximum atomic E-state index is 13.4. The Morgan fingerprint density at radius 3 is 2.57 bits per heavy atom. The van der Waals surface area contributed by atoms with Crippen LogP contribution in [0, 0.1) is 5.82 Å². The molecule has 4 heteroatoms. The molecule has 1 heterocycles. The van der Waals surface area contributed by atoms with Gasteiger partial charge in [-0.3, -0.25) is 4.79 Å². The van der Waals surface area contributed by atoms with E-state index >= 15 is 0 Å². The van der Waals surface area contributed by atoms with Crippen molar-refractivity contribution in [1.82, 2.24) is 4.73 Å². The van der Waals surface area contributed by atoms with E-state index < -0.39 is 5.82 Å². The van der Waals surface area contributed by atoms with E-state index in [0.29, 0.717) is 10.8 Å². The number of benzene rings is 1. The number of nitrogens with zero attached hydrogens (tertiary/aromatic N) is 1. The van der Waals surface area contributed by atoms with Crippen LogP contribution in [0.1, 0.15) is 0 Å². The second-order valence-corrected chi connectivity index (χ2v) is 2.84. The van der Waals surface area contributed by atoms with Gasteiger partial charge < -0.3 is 4.84 Å². The van der Waals surface area contributed by atoms with E-state index in [1.165, 1.54) is 7.11 Å². The number of halogens is 1. The largest absolute Gasteiger partial charge is 0.414 e. The molecule has 0 aliphatic carbocycles. The highest BCUT2D eigenvalue weighted by molar-refractivity contribution is 5.81. The van der Waals surface area contributed by atoms with E-state index in [9.17, 15) is 9.18 Å². The van der Waals surface area contributed by atoms with Crippen molar-refractivity contribution >= 4 is 10.8 Å². The fraction of sp³-hybridized carbons (Fsp3) is 0.100. The van der Waals surface area contributed by atoms with Crippen LogP contribution in [0.4, 0.5) is 4.39 Å². The number of pyridine rings is 1. The van der Waals surface area contributed by atoms with Crippen LogP contribution >= 0.6 is 0 Å². The molecule has 0 amide bonds. The highest BCUT2D eigenvalue weighted by Gasteiger charge is 2.07. The van der Waals surface area contributed by atoms with Crippen LogP contribution in [-0.2, 0) is 0 Å². The minimum Gasteiger partial charge on any atom is -0.414 e. The van der Waals surface area contributed by atoms with Crippen LogP contribution in [0.2, 0.25) is 0 Å². The third kappa shape index (κ3) is 1.16. The fourth-order valence-corrected chi connectivity index (χ4v) is 1.36. The maximum absolute atomic E-state index is 13.4. The van der Waals surface area contributed by atoms with Crippen molar-refractivity contribution in [2.24, 2.45) is 0 Å². The smallest absolute Gasteiger partial charge is 0.291 e. The monoisotopic (exact) mass is 193 g/mol. The molecule has 14 heavy (non-hydrogen) atoms. The first kappa shape index (κ1) is 8.74. The molecule has 0 radical (unpaired) electrons. The van der Waals surface area contributed by atoms with Gasteiger partial charge in [-0.2, -0.15) is 0 Å². The number of rotatable bonds is 1. The Hall–Kier alpha value is -1.84. The molecule has 0 fully saturated rings. The van der Waals surface area contributed by atoms with Crippen molar-refractivity contribution in [3.8, 4) is 0 Å². The molecule has 72 valence electrons. The van der Waals surface area contributed by atoms with Gasteiger partial charge in [-0.15, -0.1) is 4.73 Å². The summed E-state index contributed by atoms with van der Waals surface area (Å²) in [5.41, 5.74) is -0.357. The topological polar surface area (TPSA) is 31.2 Å². The maximum Gasteiger partial charge on any atom is 0.291 e. The van der Waals surface area contributed by atoms with Crippen LogP contribution in [0.15, 0.2) is 35.3 Å². The second-order valence-electron chi connectivity index (χ2n) is 2.84. The highest BCUT2D eigenvalue weighted by atomic mass is 19.1. The Bertz CT molecular complexity index is 533. The molecule has 0 unspecified atom stereocenters. The molecular formula is C10H8FNO2. The Morgan fingerprint density at radius 2 is 1.93 bits per heavy atom. The van der Waals surface area contributed by atoms with Gasteiger partial charge in [-0.05, 0) is 6.07 Å². The van der Waals surface area contributed by atoms with Crippen molar-refractivity contribution in [2.45, 2.75) is 0 Å². The summed E-state index contributed by atoms with van der Waals surface area (Å²) in [7, 11) is 1.32. The van der Waals surface area contributed by atoms with Crippen molar-refractivity contribution in [3.05, 3.63) is 46.6 Å². The molecule has 2 rings (SSSR count). The first-order valence-electron chi connectivity index (χ1n) is 4.08. The van der Waals surface area contributed by atoms with Gasteiger partial charge in [0.05, 0.1) is 11.6 Å². The zero-order valence-electron chi connectivity index (χ0n) is 7.53. The Balaban J connectivity index is 2.95. The van der Waals surface area contributed by atoms with E-state index in [1.54, 1.807) is 24.3 Å². The van der Waals surface area contributed by atoms with Crippen LogP contribution in [0.25, 0.3) is 10.8 Å². The average molecular weight is 193 g/mol. The van der Waals surface area contributed by atoms with Crippen LogP contribution in [-0.4, -0.2) is 11.8 Å². The van der Waals surface area contributed by atoms with Gasteiger partial charge in [0.2, 0.25) is 0 Å². The summed E-state index contributed by atoms with van der Waals surface area (Å²) < 4.78 is 14.2. The number of aromatic nitrogens is 1. The van der Waals surface area contributed by atoms with Crippen molar-refractivity contribution < 1.29 is 9.23 Å². The molecule has 0 aliphatic heterocycles. The van der Waals surface area contributed by atoms with Gasteiger partial charge in [0.15, 0.2) is 5.82 Å². The first-order valence-corrected chi connectivity index (χ1v) is 4.08. The van der Waals surface area contributed by atoms with E-state index in [-0.39, 0.29) is 5.56 Å². The van der Waals surface area contributed by atoms with Gasteiger partial charge in [0.1, 0.15) is 7.11 Å². The molecule has 0 spiro atoms. The zero-order valence-corrected chi connectivity index (χ0v) is 7.53. The van der Waals surface area contributed by atoms with E-state index in [2.05, 4.69) is 0 Å². The van der Waals surface area contributed by atoms with E-state index in [4.69, 9.17) is 4.84 Å². The van der Waals surface area contributed by atoms with Crippen LogP contribution in [0.3, 0.4) is 0 Å². The normalized spacial score (nSPS) is 10.4. The van der Waals surface area contributed by atoms with Crippen molar-refractivity contribution in [1.29, 1.82) is 0 Å². The molecule has 3 nitrogen and oxygen atoms in total. The predicted octanol–water partition coefficient (Wildman–Crippen LogP) is 1.20. The lowest BCUT2D eigenvalue weighted by molar-refractivity contribution is 0.155. The predicted molar refractivity (Wildman–Crippen MR) is 50.7 cm³/mol. The Kier molecular flexibility index (Phi) is 1.96. The summed E-state index contributed by atoms with van der Waals surface area (Å²) in [6, 6.07) is 6.49. The van der Waals surface area contributed by atoms with Crippen LogP contribution < -0.4 is 10.4 Å². The molecule has 0 aliphatic rings. The first-order chi connectivity index (χ1) is 6.74. The third-order valence-corrected chi connectivity index (χ3v) is 2.04.